The van der Waals surface area contributed by atoms with Crippen molar-refractivity contribution in [3.05, 3.63) is 27.7 Å². The van der Waals surface area contributed by atoms with Gasteiger partial charge in [0.05, 0.1) is 15.7 Å². The highest BCUT2D eigenvalue weighted by Crippen LogP contribution is 2.34. The maximum atomic E-state index is 11.4. The fourth-order valence-electron chi connectivity index (χ4n) is 1.90. The van der Waals surface area contributed by atoms with Crippen LogP contribution >= 0.6 is 23.2 Å². The molecule has 0 aliphatic carbocycles. The van der Waals surface area contributed by atoms with Gasteiger partial charge in [-0.15, -0.1) is 0 Å². The Morgan fingerprint density at radius 1 is 1.17 bits per heavy atom. The summed E-state index contributed by atoms with van der Waals surface area (Å²) in [7, 11) is 0. The molecule has 1 amide bonds. The minimum absolute atomic E-state index is 0.137. The molecule has 1 rings (SSSR count). The van der Waals surface area contributed by atoms with E-state index in [1.807, 2.05) is 20.8 Å². The topological polar surface area (TPSA) is 67.4 Å². The highest BCUT2D eigenvalue weighted by Gasteiger charge is 2.21. The van der Waals surface area contributed by atoms with E-state index in [0.717, 1.165) is 0 Å². The number of anilines is 1. The summed E-state index contributed by atoms with van der Waals surface area (Å²) in [6.07, 6.45) is -0.534. The minimum atomic E-state index is -0.534. The molecular weight excluding hydrogens is 339 g/mol. The standard InChI is InChI=1S/C16H22Cl2N2O3/c1-9(21)20-15-12(17)6-11(7-13(15)18)14(23-10(2)22)8-19-16(3,4)5/h6-7,14,19H,8H2,1-5H3,(H,20,21). The molecule has 0 aromatic heterocycles. The largest absolute Gasteiger partial charge is 0.456 e. The molecular formula is C16H22Cl2N2O3. The fraction of sp³-hybridized carbons (Fsp3) is 0.500. The van der Waals surface area contributed by atoms with Crippen LogP contribution in [0.1, 0.15) is 46.3 Å². The fourth-order valence-corrected chi connectivity index (χ4v) is 2.50. The van der Waals surface area contributed by atoms with Crippen molar-refractivity contribution in [2.24, 2.45) is 0 Å². The maximum absolute atomic E-state index is 11.4. The Labute approximate surface area is 146 Å². The van der Waals surface area contributed by atoms with Crippen molar-refractivity contribution in [3.8, 4) is 0 Å². The zero-order chi connectivity index (χ0) is 17.8. The van der Waals surface area contributed by atoms with Gasteiger partial charge in [-0.25, -0.2) is 0 Å². The Morgan fingerprint density at radius 3 is 2.09 bits per heavy atom. The van der Waals surface area contributed by atoms with Gasteiger partial charge < -0.3 is 15.4 Å². The third kappa shape index (κ3) is 6.77. The molecule has 0 bridgehead atoms. The van der Waals surface area contributed by atoms with Gasteiger partial charge in [-0.2, -0.15) is 0 Å². The summed E-state index contributed by atoms with van der Waals surface area (Å²) >= 11 is 12.4. The number of amides is 1. The Morgan fingerprint density at radius 2 is 1.70 bits per heavy atom. The van der Waals surface area contributed by atoms with E-state index in [1.165, 1.54) is 13.8 Å². The first-order valence-electron chi connectivity index (χ1n) is 7.18. The van der Waals surface area contributed by atoms with Crippen molar-refractivity contribution < 1.29 is 14.3 Å². The zero-order valence-electron chi connectivity index (χ0n) is 13.9. The average molecular weight is 361 g/mol. The number of esters is 1. The van der Waals surface area contributed by atoms with Crippen LogP contribution in [0.15, 0.2) is 12.1 Å². The van der Waals surface area contributed by atoms with Crippen LogP contribution in [-0.2, 0) is 14.3 Å². The van der Waals surface area contributed by atoms with Crippen molar-refractivity contribution in [1.82, 2.24) is 5.32 Å². The van der Waals surface area contributed by atoms with Gasteiger partial charge in [0, 0.05) is 25.9 Å². The highest BCUT2D eigenvalue weighted by molar-refractivity contribution is 6.39. The third-order valence-electron chi connectivity index (χ3n) is 2.86. The van der Waals surface area contributed by atoms with Gasteiger partial charge in [0.15, 0.2) is 0 Å². The number of carbonyl (C=O) groups is 2. The quantitative estimate of drug-likeness (QED) is 0.780. The van der Waals surface area contributed by atoms with Crippen LogP contribution < -0.4 is 10.6 Å². The van der Waals surface area contributed by atoms with E-state index >= 15 is 0 Å². The predicted molar refractivity (Wildman–Crippen MR) is 93.0 cm³/mol. The number of benzene rings is 1. The number of rotatable bonds is 5. The molecule has 1 atom stereocenters. The van der Waals surface area contributed by atoms with Crippen LogP contribution in [-0.4, -0.2) is 24.0 Å². The Bertz CT molecular complexity index is 574. The Hall–Kier alpha value is -1.30. The third-order valence-corrected chi connectivity index (χ3v) is 3.46. The maximum Gasteiger partial charge on any atom is 0.303 e. The first kappa shape index (κ1) is 19.7. The number of hydrogen-bond acceptors (Lipinski definition) is 4. The molecule has 0 saturated heterocycles. The number of ether oxygens (including phenoxy) is 1. The summed E-state index contributed by atoms with van der Waals surface area (Å²) < 4.78 is 5.36. The molecule has 0 saturated carbocycles. The van der Waals surface area contributed by atoms with Crippen molar-refractivity contribution in [2.45, 2.75) is 46.3 Å². The van der Waals surface area contributed by atoms with Crippen molar-refractivity contribution >= 4 is 40.8 Å². The van der Waals surface area contributed by atoms with E-state index in [-0.39, 0.29) is 21.5 Å². The van der Waals surface area contributed by atoms with E-state index in [1.54, 1.807) is 12.1 Å². The van der Waals surface area contributed by atoms with Crippen molar-refractivity contribution in [2.75, 3.05) is 11.9 Å². The van der Waals surface area contributed by atoms with Gasteiger partial charge in [-0.05, 0) is 38.5 Å². The Kier molecular flexibility index (Phi) is 6.86. The average Bonchev–Trinajstić information content (AvgIpc) is 2.37. The minimum Gasteiger partial charge on any atom is -0.456 e. The summed E-state index contributed by atoms with van der Waals surface area (Å²) in [6, 6.07) is 3.27. The summed E-state index contributed by atoms with van der Waals surface area (Å²) in [5, 5.41) is 6.43. The van der Waals surface area contributed by atoms with Gasteiger partial charge in [0.1, 0.15) is 6.10 Å². The smallest absolute Gasteiger partial charge is 0.303 e. The first-order chi connectivity index (χ1) is 10.5. The lowest BCUT2D eigenvalue weighted by Gasteiger charge is -2.26. The van der Waals surface area contributed by atoms with Gasteiger partial charge >= 0.3 is 5.97 Å². The van der Waals surface area contributed by atoms with Crippen LogP contribution in [0.2, 0.25) is 10.0 Å². The van der Waals surface area contributed by atoms with E-state index < -0.39 is 12.1 Å². The van der Waals surface area contributed by atoms with Crippen LogP contribution in [0.25, 0.3) is 0 Å². The molecule has 0 spiro atoms. The zero-order valence-corrected chi connectivity index (χ0v) is 15.4. The summed E-state index contributed by atoms with van der Waals surface area (Å²) in [6.45, 7) is 9.16. The molecule has 5 nitrogen and oxygen atoms in total. The molecule has 0 fully saturated rings. The molecule has 23 heavy (non-hydrogen) atoms. The van der Waals surface area contributed by atoms with Gasteiger partial charge in [0.25, 0.3) is 0 Å². The molecule has 7 heteroatoms. The molecule has 0 aliphatic rings. The van der Waals surface area contributed by atoms with E-state index in [2.05, 4.69) is 10.6 Å². The molecule has 1 aromatic rings. The normalized spacial score (nSPS) is 12.7. The van der Waals surface area contributed by atoms with Gasteiger partial charge in [-0.3, -0.25) is 9.59 Å². The second kappa shape index (κ2) is 7.99. The van der Waals surface area contributed by atoms with Gasteiger partial charge in [-0.1, -0.05) is 23.2 Å². The van der Waals surface area contributed by atoms with Crippen LogP contribution in [0.5, 0.6) is 0 Å². The molecule has 128 valence electrons. The SMILES string of the molecule is CC(=O)Nc1c(Cl)cc(C(CNC(C)(C)C)OC(C)=O)cc1Cl. The lowest BCUT2D eigenvalue weighted by Crippen LogP contribution is -2.39. The summed E-state index contributed by atoms with van der Waals surface area (Å²) in [5.41, 5.74) is 0.859. The predicted octanol–water partition coefficient (Wildman–Crippen LogP) is 3.94. The molecule has 0 radical (unpaired) electrons. The van der Waals surface area contributed by atoms with Gasteiger partial charge in [0.2, 0.25) is 5.91 Å². The lowest BCUT2D eigenvalue weighted by atomic mass is 10.1. The van der Waals surface area contributed by atoms with E-state index in [4.69, 9.17) is 27.9 Å². The molecule has 1 aromatic carbocycles. The Balaban J connectivity index is 3.10. The monoisotopic (exact) mass is 360 g/mol. The number of nitrogens with one attached hydrogen (secondary N) is 2. The lowest BCUT2D eigenvalue weighted by molar-refractivity contribution is -0.146. The van der Waals surface area contributed by atoms with Crippen LogP contribution in [0.3, 0.4) is 0 Å². The van der Waals surface area contributed by atoms with E-state index in [9.17, 15) is 9.59 Å². The van der Waals surface area contributed by atoms with Crippen molar-refractivity contribution in [1.29, 1.82) is 0 Å². The highest BCUT2D eigenvalue weighted by atomic mass is 35.5. The van der Waals surface area contributed by atoms with Crippen LogP contribution in [0, 0.1) is 0 Å². The van der Waals surface area contributed by atoms with Crippen LogP contribution in [0.4, 0.5) is 5.69 Å². The molecule has 0 heterocycles. The molecule has 0 aliphatic heterocycles. The first-order valence-corrected chi connectivity index (χ1v) is 7.94. The number of hydrogen-bond donors (Lipinski definition) is 2. The molecule has 1 unspecified atom stereocenters. The number of halogens is 2. The second-order valence-corrected chi connectivity index (χ2v) is 7.08. The van der Waals surface area contributed by atoms with E-state index in [0.29, 0.717) is 17.8 Å². The number of carbonyl (C=O) groups excluding carboxylic acids is 2. The van der Waals surface area contributed by atoms with Crippen molar-refractivity contribution in [3.63, 3.8) is 0 Å². The molecule has 2 N–H and O–H groups in total. The summed E-state index contributed by atoms with van der Waals surface area (Å²) in [4.78, 5) is 22.5. The summed E-state index contributed by atoms with van der Waals surface area (Å²) in [5.74, 6) is -0.670. The second-order valence-electron chi connectivity index (χ2n) is 6.27.